The fourth-order valence-corrected chi connectivity index (χ4v) is 3.49. The number of nitrogens with two attached hydrogens (primary N) is 1. The second-order valence-corrected chi connectivity index (χ2v) is 6.93. The first-order chi connectivity index (χ1) is 7.41. The van der Waals surface area contributed by atoms with Crippen molar-refractivity contribution >= 4 is 10.0 Å². The topological polar surface area (TPSA) is 72.6 Å². The maximum Gasteiger partial charge on any atom is 0.211 e. The van der Waals surface area contributed by atoms with Gasteiger partial charge in [-0.3, -0.25) is 0 Å². The van der Waals surface area contributed by atoms with E-state index in [1.165, 1.54) is 10.6 Å². The Kier molecular flexibility index (Phi) is 3.27. The van der Waals surface area contributed by atoms with Gasteiger partial charge in [0.1, 0.15) is 0 Å². The molecular formula is C10H20N2O3S. The van der Waals surface area contributed by atoms with Crippen LogP contribution in [0.1, 0.15) is 25.7 Å². The fraction of sp³-hybridized carbons (Fsp3) is 1.00. The van der Waals surface area contributed by atoms with Crippen molar-refractivity contribution in [2.24, 2.45) is 5.73 Å². The second-order valence-electron chi connectivity index (χ2n) is 4.95. The average Bonchev–Trinajstić information content (AvgIpc) is 2.16. The molecule has 0 aliphatic carbocycles. The Morgan fingerprint density at radius 2 is 2.00 bits per heavy atom. The van der Waals surface area contributed by atoms with Gasteiger partial charge in [-0.05, 0) is 25.7 Å². The average molecular weight is 248 g/mol. The van der Waals surface area contributed by atoms with E-state index in [1.54, 1.807) is 0 Å². The maximum atomic E-state index is 11.4. The standard InChI is InChI=1S/C10H20N2O3S/c1-16(13,14)12-5-3-10(4-6-12)8-9(11)2-7-15-10/h9H,2-8,11H2,1H3. The Morgan fingerprint density at radius 3 is 2.50 bits per heavy atom. The number of hydrogen-bond acceptors (Lipinski definition) is 4. The molecule has 0 aromatic rings. The van der Waals surface area contributed by atoms with E-state index in [9.17, 15) is 8.42 Å². The summed E-state index contributed by atoms with van der Waals surface area (Å²) in [6.45, 7) is 1.83. The molecule has 0 aromatic heterocycles. The van der Waals surface area contributed by atoms with Crippen LogP contribution in [0.25, 0.3) is 0 Å². The lowest BCUT2D eigenvalue weighted by atomic mass is 9.83. The largest absolute Gasteiger partial charge is 0.375 e. The third-order valence-corrected chi connectivity index (χ3v) is 4.94. The molecule has 5 nitrogen and oxygen atoms in total. The maximum absolute atomic E-state index is 11.4. The lowest BCUT2D eigenvalue weighted by Gasteiger charge is -2.44. The lowest BCUT2D eigenvalue weighted by Crippen LogP contribution is -2.52. The number of hydrogen-bond donors (Lipinski definition) is 1. The van der Waals surface area contributed by atoms with Gasteiger partial charge in [0.15, 0.2) is 0 Å². The SMILES string of the molecule is CS(=O)(=O)N1CCC2(CC1)CC(N)CCO2. The minimum absolute atomic E-state index is 0.154. The van der Waals surface area contributed by atoms with Crippen LogP contribution in [-0.2, 0) is 14.8 Å². The third kappa shape index (κ3) is 2.56. The molecule has 0 radical (unpaired) electrons. The minimum Gasteiger partial charge on any atom is -0.375 e. The van der Waals surface area contributed by atoms with E-state index in [0.717, 1.165) is 25.7 Å². The van der Waals surface area contributed by atoms with E-state index in [1.807, 2.05) is 0 Å². The monoisotopic (exact) mass is 248 g/mol. The first-order valence-electron chi connectivity index (χ1n) is 5.76. The summed E-state index contributed by atoms with van der Waals surface area (Å²) < 4.78 is 30.1. The molecule has 1 atom stereocenters. The molecule has 94 valence electrons. The van der Waals surface area contributed by atoms with Gasteiger partial charge in [0.05, 0.1) is 11.9 Å². The summed E-state index contributed by atoms with van der Waals surface area (Å²) in [4.78, 5) is 0. The molecule has 2 aliphatic heterocycles. The summed E-state index contributed by atoms with van der Waals surface area (Å²) in [5, 5.41) is 0. The van der Waals surface area contributed by atoms with Gasteiger partial charge in [-0.1, -0.05) is 0 Å². The number of nitrogens with zero attached hydrogens (tertiary/aromatic N) is 1. The summed E-state index contributed by atoms with van der Waals surface area (Å²) in [6, 6.07) is 0.207. The Labute approximate surface area is 97.0 Å². The van der Waals surface area contributed by atoms with Crippen LogP contribution in [0.3, 0.4) is 0 Å². The molecule has 2 saturated heterocycles. The van der Waals surface area contributed by atoms with Crippen LogP contribution in [0.2, 0.25) is 0 Å². The first-order valence-corrected chi connectivity index (χ1v) is 7.61. The van der Waals surface area contributed by atoms with Gasteiger partial charge < -0.3 is 10.5 Å². The number of piperidine rings is 1. The van der Waals surface area contributed by atoms with Crippen molar-refractivity contribution < 1.29 is 13.2 Å². The first kappa shape index (κ1) is 12.3. The molecule has 2 rings (SSSR count). The van der Waals surface area contributed by atoms with Gasteiger partial charge >= 0.3 is 0 Å². The van der Waals surface area contributed by atoms with Crippen LogP contribution in [0.15, 0.2) is 0 Å². The van der Waals surface area contributed by atoms with Crippen LogP contribution in [-0.4, -0.2) is 50.3 Å². The predicted octanol–water partition coefficient (Wildman–Crippen LogP) is -0.0817. The lowest BCUT2D eigenvalue weighted by molar-refractivity contribution is -0.108. The van der Waals surface area contributed by atoms with Gasteiger partial charge in [0.2, 0.25) is 10.0 Å². The third-order valence-electron chi connectivity index (χ3n) is 3.63. The Balaban J connectivity index is 1.98. The molecule has 2 N–H and O–H groups in total. The molecule has 0 bridgehead atoms. The van der Waals surface area contributed by atoms with E-state index >= 15 is 0 Å². The molecule has 1 spiro atoms. The predicted molar refractivity (Wildman–Crippen MR) is 61.5 cm³/mol. The van der Waals surface area contributed by atoms with Crippen molar-refractivity contribution in [1.29, 1.82) is 0 Å². The van der Waals surface area contributed by atoms with Crippen LogP contribution in [0, 0.1) is 0 Å². The molecule has 2 aliphatic rings. The smallest absolute Gasteiger partial charge is 0.211 e. The second kappa shape index (κ2) is 4.25. The molecule has 1 unspecified atom stereocenters. The Bertz CT molecular complexity index is 347. The van der Waals surface area contributed by atoms with E-state index in [-0.39, 0.29) is 11.6 Å². The molecule has 2 heterocycles. The summed E-state index contributed by atoms with van der Waals surface area (Å²) in [6.07, 6.45) is 4.59. The summed E-state index contributed by atoms with van der Waals surface area (Å²) in [5.41, 5.74) is 5.79. The number of sulfonamides is 1. The van der Waals surface area contributed by atoms with Crippen molar-refractivity contribution in [1.82, 2.24) is 4.31 Å². The Hall–Kier alpha value is -0.170. The highest BCUT2D eigenvalue weighted by Gasteiger charge is 2.40. The van der Waals surface area contributed by atoms with Crippen molar-refractivity contribution in [3.63, 3.8) is 0 Å². The van der Waals surface area contributed by atoms with Gasteiger partial charge in [0, 0.05) is 25.7 Å². The van der Waals surface area contributed by atoms with Crippen LogP contribution >= 0.6 is 0 Å². The highest BCUT2D eigenvalue weighted by Crippen LogP contribution is 2.34. The number of ether oxygens (including phenoxy) is 1. The van der Waals surface area contributed by atoms with E-state index < -0.39 is 10.0 Å². The van der Waals surface area contributed by atoms with Crippen molar-refractivity contribution in [2.45, 2.75) is 37.3 Å². The zero-order valence-corrected chi connectivity index (χ0v) is 10.5. The zero-order valence-electron chi connectivity index (χ0n) is 9.68. The van der Waals surface area contributed by atoms with E-state index in [4.69, 9.17) is 10.5 Å². The number of rotatable bonds is 1. The highest BCUT2D eigenvalue weighted by molar-refractivity contribution is 7.88. The molecule has 16 heavy (non-hydrogen) atoms. The molecule has 2 fully saturated rings. The minimum atomic E-state index is -3.05. The van der Waals surface area contributed by atoms with Gasteiger partial charge in [-0.25, -0.2) is 12.7 Å². The van der Waals surface area contributed by atoms with Crippen molar-refractivity contribution in [2.75, 3.05) is 26.0 Å². The molecule has 6 heteroatoms. The van der Waals surface area contributed by atoms with Crippen LogP contribution in [0.4, 0.5) is 0 Å². The van der Waals surface area contributed by atoms with Crippen LogP contribution < -0.4 is 5.73 Å². The summed E-state index contributed by atoms with van der Waals surface area (Å²) in [7, 11) is -3.05. The normalized spacial score (nSPS) is 31.8. The quantitative estimate of drug-likeness (QED) is 0.704. The van der Waals surface area contributed by atoms with Gasteiger partial charge in [0.25, 0.3) is 0 Å². The van der Waals surface area contributed by atoms with Gasteiger partial charge in [-0.2, -0.15) is 0 Å². The van der Waals surface area contributed by atoms with E-state index in [2.05, 4.69) is 0 Å². The van der Waals surface area contributed by atoms with Crippen molar-refractivity contribution in [3.8, 4) is 0 Å². The molecule has 0 saturated carbocycles. The van der Waals surface area contributed by atoms with Gasteiger partial charge in [-0.15, -0.1) is 0 Å². The van der Waals surface area contributed by atoms with Crippen LogP contribution in [0.5, 0.6) is 0 Å². The van der Waals surface area contributed by atoms with Crippen molar-refractivity contribution in [3.05, 3.63) is 0 Å². The fourth-order valence-electron chi connectivity index (χ4n) is 2.64. The summed E-state index contributed by atoms with van der Waals surface area (Å²) >= 11 is 0. The Morgan fingerprint density at radius 1 is 1.38 bits per heavy atom. The highest BCUT2D eigenvalue weighted by atomic mass is 32.2. The summed E-state index contributed by atoms with van der Waals surface area (Å²) in [5.74, 6) is 0. The zero-order chi connectivity index (χ0) is 11.8. The molecule has 0 aromatic carbocycles. The molecular weight excluding hydrogens is 228 g/mol. The van der Waals surface area contributed by atoms with E-state index in [0.29, 0.717) is 19.7 Å². The molecule has 0 amide bonds.